The highest BCUT2D eigenvalue weighted by atomic mass is 35.5. The second-order valence-corrected chi connectivity index (χ2v) is 6.43. The van der Waals surface area contributed by atoms with Crippen LogP contribution in [0.3, 0.4) is 0 Å². The van der Waals surface area contributed by atoms with Gasteiger partial charge in [0, 0.05) is 17.3 Å². The van der Waals surface area contributed by atoms with E-state index in [1.807, 2.05) is 0 Å². The van der Waals surface area contributed by atoms with Crippen molar-refractivity contribution in [2.75, 3.05) is 13.1 Å². The van der Waals surface area contributed by atoms with Gasteiger partial charge in [0.25, 0.3) is 0 Å². The molecular weight excluding hydrogens is 280 g/mol. The molecule has 106 valence electrons. The molecule has 0 radical (unpaired) electrons. The van der Waals surface area contributed by atoms with E-state index in [1.165, 1.54) is 17.7 Å². The second-order valence-electron chi connectivity index (χ2n) is 5.40. The minimum Gasteiger partial charge on any atom is -0.335 e. The topological polar surface area (TPSA) is 32.3 Å². The van der Waals surface area contributed by atoms with Crippen molar-refractivity contribution in [1.29, 1.82) is 0 Å². The van der Waals surface area contributed by atoms with Crippen molar-refractivity contribution in [3.05, 3.63) is 22.4 Å². The molecule has 0 spiro atoms. The van der Waals surface area contributed by atoms with E-state index in [0.29, 0.717) is 17.9 Å². The Morgan fingerprint density at radius 1 is 1.42 bits per heavy atom. The summed E-state index contributed by atoms with van der Waals surface area (Å²) in [4.78, 5) is 15.8. The third kappa shape index (κ3) is 3.94. The molecule has 1 aliphatic carbocycles. The zero-order valence-corrected chi connectivity index (χ0v) is 12.6. The lowest BCUT2D eigenvalue weighted by molar-refractivity contribution is -0.133. The summed E-state index contributed by atoms with van der Waals surface area (Å²) in [5.41, 5.74) is 0. The van der Waals surface area contributed by atoms with E-state index in [2.05, 4.69) is 27.7 Å². The number of hydrogen-bond donors (Lipinski definition) is 1. The standard InChI is InChI=1S/C14H20N2OS.ClH/c17-14(8-11-5-6-15-9-11)16(12-3-4-12)10-13-2-1-7-18-13;/h1-2,7,11-12,15H,3-6,8-10H2;1H. The van der Waals surface area contributed by atoms with Gasteiger partial charge in [-0.05, 0) is 49.7 Å². The van der Waals surface area contributed by atoms with Gasteiger partial charge in [-0.1, -0.05) is 6.07 Å². The highest BCUT2D eigenvalue weighted by Crippen LogP contribution is 2.30. The molecule has 1 unspecified atom stereocenters. The Kier molecular flexibility index (Phi) is 5.25. The molecule has 5 heteroatoms. The first-order valence-corrected chi connectivity index (χ1v) is 7.73. The van der Waals surface area contributed by atoms with Crippen molar-refractivity contribution in [3.8, 4) is 0 Å². The zero-order valence-electron chi connectivity index (χ0n) is 11.0. The Hall–Kier alpha value is -0.580. The fourth-order valence-electron chi connectivity index (χ4n) is 2.63. The molecule has 1 aromatic rings. The number of nitrogens with zero attached hydrogens (tertiary/aromatic N) is 1. The maximum atomic E-state index is 12.4. The summed E-state index contributed by atoms with van der Waals surface area (Å²) >= 11 is 1.75. The number of carbonyl (C=O) groups excluding carboxylic acids is 1. The van der Waals surface area contributed by atoms with E-state index in [0.717, 1.165) is 32.5 Å². The Balaban J connectivity index is 0.00000133. The molecule has 1 aliphatic heterocycles. The molecule has 1 N–H and O–H groups in total. The minimum atomic E-state index is 0. The van der Waals surface area contributed by atoms with Crippen molar-refractivity contribution < 1.29 is 4.79 Å². The molecule has 1 saturated heterocycles. The number of hydrogen-bond acceptors (Lipinski definition) is 3. The van der Waals surface area contributed by atoms with Gasteiger partial charge in [0.05, 0.1) is 6.54 Å². The van der Waals surface area contributed by atoms with E-state index < -0.39 is 0 Å². The van der Waals surface area contributed by atoms with Gasteiger partial charge >= 0.3 is 0 Å². The van der Waals surface area contributed by atoms with Gasteiger partial charge in [0.15, 0.2) is 0 Å². The highest BCUT2D eigenvalue weighted by Gasteiger charge is 2.33. The predicted molar refractivity (Wildman–Crippen MR) is 80.7 cm³/mol. The van der Waals surface area contributed by atoms with Crippen LogP contribution < -0.4 is 5.32 Å². The lowest BCUT2D eigenvalue weighted by Crippen LogP contribution is -2.33. The number of carbonyl (C=O) groups is 1. The van der Waals surface area contributed by atoms with E-state index in [4.69, 9.17) is 0 Å². The molecular formula is C14H21ClN2OS. The molecule has 2 aliphatic rings. The van der Waals surface area contributed by atoms with Crippen LogP contribution in [0.5, 0.6) is 0 Å². The Labute approximate surface area is 124 Å². The first-order chi connectivity index (χ1) is 8.83. The summed E-state index contributed by atoms with van der Waals surface area (Å²) in [5, 5.41) is 5.43. The van der Waals surface area contributed by atoms with Crippen LogP contribution in [0.25, 0.3) is 0 Å². The highest BCUT2D eigenvalue weighted by molar-refractivity contribution is 7.09. The number of halogens is 1. The van der Waals surface area contributed by atoms with E-state index in [-0.39, 0.29) is 12.4 Å². The fourth-order valence-corrected chi connectivity index (χ4v) is 3.33. The van der Waals surface area contributed by atoms with Crippen LogP contribution in [-0.2, 0) is 11.3 Å². The first kappa shape index (κ1) is 14.8. The third-order valence-electron chi connectivity index (χ3n) is 3.84. The smallest absolute Gasteiger partial charge is 0.223 e. The average molecular weight is 301 g/mol. The van der Waals surface area contributed by atoms with Crippen molar-refractivity contribution in [1.82, 2.24) is 10.2 Å². The first-order valence-electron chi connectivity index (χ1n) is 6.85. The molecule has 3 rings (SSSR count). The fraction of sp³-hybridized carbons (Fsp3) is 0.643. The van der Waals surface area contributed by atoms with Gasteiger partial charge in [-0.25, -0.2) is 0 Å². The van der Waals surface area contributed by atoms with Crippen LogP contribution in [0, 0.1) is 5.92 Å². The molecule has 3 nitrogen and oxygen atoms in total. The second kappa shape index (κ2) is 6.73. The molecule has 0 aromatic carbocycles. The number of rotatable bonds is 5. The molecule has 1 saturated carbocycles. The van der Waals surface area contributed by atoms with E-state index in [9.17, 15) is 4.79 Å². The lowest BCUT2D eigenvalue weighted by atomic mass is 10.0. The summed E-state index contributed by atoms with van der Waals surface area (Å²) in [6.07, 6.45) is 4.28. The van der Waals surface area contributed by atoms with Gasteiger partial charge < -0.3 is 10.2 Å². The van der Waals surface area contributed by atoms with Gasteiger partial charge in [0.1, 0.15) is 0 Å². The summed E-state index contributed by atoms with van der Waals surface area (Å²) in [6, 6.07) is 4.72. The summed E-state index contributed by atoms with van der Waals surface area (Å²) in [5.74, 6) is 0.918. The summed E-state index contributed by atoms with van der Waals surface area (Å²) in [6.45, 7) is 2.91. The van der Waals surface area contributed by atoms with Crippen LogP contribution in [0.1, 0.15) is 30.6 Å². The van der Waals surface area contributed by atoms with Crippen molar-refractivity contribution in [3.63, 3.8) is 0 Å². The molecule has 0 bridgehead atoms. The zero-order chi connectivity index (χ0) is 12.4. The van der Waals surface area contributed by atoms with Crippen LogP contribution in [0.4, 0.5) is 0 Å². The quantitative estimate of drug-likeness (QED) is 0.907. The van der Waals surface area contributed by atoms with Gasteiger partial charge in [-0.2, -0.15) is 0 Å². The minimum absolute atomic E-state index is 0. The van der Waals surface area contributed by atoms with Crippen LogP contribution in [0.15, 0.2) is 17.5 Å². The average Bonchev–Trinajstić information content (AvgIpc) is 2.87. The van der Waals surface area contributed by atoms with Crippen LogP contribution in [0.2, 0.25) is 0 Å². The monoisotopic (exact) mass is 300 g/mol. The van der Waals surface area contributed by atoms with E-state index in [1.54, 1.807) is 11.3 Å². The predicted octanol–water partition coefficient (Wildman–Crippen LogP) is 2.66. The maximum absolute atomic E-state index is 12.4. The SMILES string of the molecule is Cl.O=C(CC1CCNC1)N(Cc1cccs1)C1CC1. The van der Waals surface area contributed by atoms with Gasteiger partial charge in [-0.3, -0.25) is 4.79 Å². The molecule has 1 atom stereocenters. The molecule has 1 aromatic heterocycles. The normalized spacial score (nSPS) is 22.0. The molecule has 19 heavy (non-hydrogen) atoms. The van der Waals surface area contributed by atoms with Crippen molar-refractivity contribution >= 4 is 29.7 Å². The molecule has 1 amide bonds. The van der Waals surface area contributed by atoms with Crippen LogP contribution >= 0.6 is 23.7 Å². The Bertz CT molecular complexity index is 400. The summed E-state index contributed by atoms with van der Waals surface area (Å²) in [7, 11) is 0. The number of nitrogens with one attached hydrogen (secondary N) is 1. The Morgan fingerprint density at radius 3 is 2.84 bits per heavy atom. The largest absolute Gasteiger partial charge is 0.335 e. The van der Waals surface area contributed by atoms with E-state index >= 15 is 0 Å². The third-order valence-corrected chi connectivity index (χ3v) is 4.70. The van der Waals surface area contributed by atoms with Gasteiger partial charge in [0.2, 0.25) is 5.91 Å². The van der Waals surface area contributed by atoms with Crippen molar-refractivity contribution in [2.45, 2.75) is 38.3 Å². The maximum Gasteiger partial charge on any atom is 0.223 e. The summed E-state index contributed by atoms with van der Waals surface area (Å²) < 4.78 is 0. The van der Waals surface area contributed by atoms with Crippen molar-refractivity contribution in [2.24, 2.45) is 5.92 Å². The lowest BCUT2D eigenvalue weighted by Gasteiger charge is -2.23. The van der Waals surface area contributed by atoms with Crippen LogP contribution in [-0.4, -0.2) is 29.9 Å². The Morgan fingerprint density at radius 2 is 2.26 bits per heavy atom. The number of amides is 1. The molecule has 2 heterocycles. The molecule has 2 fully saturated rings. The van der Waals surface area contributed by atoms with Gasteiger partial charge in [-0.15, -0.1) is 23.7 Å². The number of thiophene rings is 1.